The number of nitrogens with two attached hydrogens (primary N) is 1. The smallest absolute Gasteiger partial charge is 0.0332 e. The van der Waals surface area contributed by atoms with Gasteiger partial charge in [-0.25, -0.2) is 0 Å². The van der Waals surface area contributed by atoms with Gasteiger partial charge in [-0.15, -0.1) is 0 Å². The lowest BCUT2D eigenvalue weighted by Crippen LogP contribution is -2.05. The lowest BCUT2D eigenvalue weighted by Gasteiger charge is -2.10. The Labute approximate surface area is 92.6 Å². The topological polar surface area (TPSA) is 38.4 Å². The zero-order valence-electron chi connectivity index (χ0n) is 9.88. The largest absolute Gasteiger partial charge is 0.399 e. The molecule has 0 heterocycles. The third-order valence-electron chi connectivity index (χ3n) is 2.13. The van der Waals surface area contributed by atoms with Crippen LogP contribution in [0.2, 0.25) is 0 Å². The van der Waals surface area contributed by atoms with Crippen LogP contribution in [0.3, 0.4) is 0 Å². The van der Waals surface area contributed by atoms with E-state index in [2.05, 4.69) is 25.1 Å². The molecule has 2 N–H and O–H groups in total. The van der Waals surface area contributed by atoms with E-state index in [-0.39, 0.29) is 0 Å². The summed E-state index contributed by atoms with van der Waals surface area (Å²) in [6.07, 6.45) is 6.38. The molecule has 0 aliphatic carbocycles. The normalized spacial score (nSPS) is 13.9. The molecule has 2 heteroatoms. The van der Waals surface area contributed by atoms with Crippen LogP contribution in [0.15, 0.2) is 52.7 Å². The Bertz CT molecular complexity index is 330. The van der Waals surface area contributed by atoms with E-state index in [0.29, 0.717) is 5.70 Å². The molecule has 2 nitrogen and oxygen atoms in total. The number of rotatable bonds is 5. The third kappa shape index (κ3) is 3.98. The molecule has 0 bridgehead atoms. The molecular weight excluding hydrogens is 184 g/mol. The first-order valence-corrected chi connectivity index (χ1v) is 4.98. The highest BCUT2D eigenvalue weighted by Crippen LogP contribution is 2.20. The van der Waals surface area contributed by atoms with Crippen molar-refractivity contribution in [1.29, 1.82) is 0 Å². The molecule has 0 saturated carbocycles. The van der Waals surface area contributed by atoms with Gasteiger partial charge in [0.2, 0.25) is 0 Å². The molecule has 0 rings (SSSR count). The molecule has 0 saturated heterocycles. The second-order valence-electron chi connectivity index (χ2n) is 3.24. The molecule has 0 amide bonds. The predicted octanol–water partition coefficient (Wildman–Crippen LogP) is 3.00. The Morgan fingerprint density at radius 3 is 2.40 bits per heavy atom. The van der Waals surface area contributed by atoms with Crippen LogP contribution in [0.1, 0.15) is 20.3 Å². The van der Waals surface area contributed by atoms with Crippen LogP contribution < -0.4 is 5.73 Å². The molecule has 0 spiro atoms. The predicted molar refractivity (Wildman–Crippen MR) is 69.0 cm³/mol. The number of hydrogen-bond acceptors (Lipinski definition) is 2. The Hall–Kier alpha value is -1.57. The van der Waals surface area contributed by atoms with Crippen LogP contribution in [-0.4, -0.2) is 13.3 Å². The minimum absolute atomic E-state index is 0.550. The maximum atomic E-state index is 5.74. The van der Waals surface area contributed by atoms with Gasteiger partial charge in [-0.3, -0.25) is 4.99 Å². The summed E-state index contributed by atoms with van der Waals surface area (Å²) in [7, 11) is 1.72. The van der Waals surface area contributed by atoms with Gasteiger partial charge in [0.15, 0.2) is 0 Å². The first-order valence-electron chi connectivity index (χ1n) is 4.98. The number of aliphatic imine (C=N–C) groups is 1. The summed E-state index contributed by atoms with van der Waals surface area (Å²) in [6, 6.07) is 0. The van der Waals surface area contributed by atoms with Gasteiger partial charge in [-0.1, -0.05) is 32.2 Å². The minimum atomic E-state index is 0.550. The van der Waals surface area contributed by atoms with Crippen molar-refractivity contribution in [3.8, 4) is 0 Å². The fourth-order valence-electron chi connectivity index (χ4n) is 1.44. The van der Waals surface area contributed by atoms with Gasteiger partial charge in [-0.2, -0.15) is 0 Å². The summed E-state index contributed by atoms with van der Waals surface area (Å²) >= 11 is 0. The molecule has 0 unspecified atom stereocenters. The lowest BCUT2D eigenvalue weighted by molar-refractivity contribution is 1.08. The molecule has 0 aliphatic rings. The fourth-order valence-corrected chi connectivity index (χ4v) is 1.44. The average Bonchev–Trinajstić information content (AvgIpc) is 2.18. The Kier molecular flexibility index (Phi) is 6.11. The molecule has 0 fully saturated rings. The maximum absolute atomic E-state index is 5.74. The maximum Gasteiger partial charge on any atom is 0.0332 e. The zero-order valence-corrected chi connectivity index (χ0v) is 9.88. The lowest BCUT2D eigenvalue weighted by atomic mass is 9.97. The van der Waals surface area contributed by atoms with Crippen molar-refractivity contribution in [3.05, 3.63) is 47.7 Å². The molecule has 82 valence electrons. The monoisotopic (exact) mass is 204 g/mol. The van der Waals surface area contributed by atoms with Crippen molar-refractivity contribution < 1.29 is 0 Å². The molecular formula is C13H20N2. The molecule has 0 aromatic carbocycles. The number of nitrogens with zero attached hydrogens (tertiary/aromatic N) is 1. The highest BCUT2D eigenvalue weighted by Gasteiger charge is 2.05. The van der Waals surface area contributed by atoms with Crippen LogP contribution in [0, 0.1) is 0 Å². The average molecular weight is 204 g/mol. The minimum Gasteiger partial charge on any atom is -0.399 e. The van der Waals surface area contributed by atoms with Crippen molar-refractivity contribution in [2.24, 2.45) is 10.7 Å². The molecule has 0 atom stereocenters. The molecule has 0 aromatic heterocycles. The van der Waals surface area contributed by atoms with Crippen LogP contribution in [0.5, 0.6) is 0 Å². The summed E-state index contributed by atoms with van der Waals surface area (Å²) in [4.78, 5) is 3.99. The summed E-state index contributed by atoms with van der Waals surface area (Å²) in [5.74, 6) is 0. The summed E-state index contributed by atoms with van der Waals surface area (Å²) in [5, 5.41) is 0. The van der Waals surface area contributed by atoms with Crippen LogP contribution in [0.25, 0.3) is 0 Å². The summed E-state index contributed by atoms with van der Waals surface area (Å²) in [6.45, 7) is 11.6. The first-order chi connectivity index (χ1) is 7.08. The van der Waals surface area contributed by atoms with Crippen molar-refractivity contribution in [2.75, 3.05) is 7.05 Å². The van der Waals surface area contributed by atoms with Crippen LogP contribution in [-0.2, 0) is 0 Å². The van der Waals surface area contributed by atoms with Crippen LogP contribution >= 0.6 is 0 Å². The van der Waals surface area contributed by atoms with Crippen LogP contribution in [0.4, 0.5) is 0 Å². The third-order valence-corrected chi connectivity index (χ3v) is 2.13. The Morgan fingerprint density at radius 2 is 2.07 bits per heavy atom. The molecule has 0 radical (unpaired) electrons. The number of hydrogen-bond donors (Lipinski definition) is 1. The van der Waals surface area contributed by atoms with Gasteiger partial charge in [0.05, 0.1) is 0 Å². The number of allylic oxidation sites excluding steroid dienone is 5. The quantitative estimate of drug-likeness (QED) is 0.542. The van der Waals surface area contributed by atoms with Crippen molar-refractivity contribution >= 4 is 6.21 Å². The van der Waals surface area contributed by atoms with E-state index in [1.807, 2.05) is 13.0 Å². The standard InChI is InChI=1S/C13H20N2/c1-6-8-10(3)12(7-2)13(9-15-5)11(4)14/h6,8-9H,1,4,7,14H2,2-3,5H3/b10-8-,13-12-,15-9?. The van der Waals surface area contributed by atoms with Gasteiger partial charge in [0.1, 0.15) is 0 Å². The van der Waals surface area contributed by atoms with E-state index in [1.54, 1.807) is 19.3 Å². The Morgan fingerprint density at radius 1 is 1.47 bits per heavy atom. The van der Waals surface area contributed by atoms with Crippen molar-refractivity contribution in [3.63, 3.8) is 0 Å². The van der Waals surface area contributed by atoms with E-state index >= 15 is 0 Å². The van der Waals surface area contributed by atoms with Gasteiger partial charge < -0.3 is 5.73 Å². The summed E-state index contributed by atoms with van der Waals surface area (Å²) in [5.41, 5.74) is 9.51. The molecule has 0 aliphatic heterocycles. The second-order valence-corrected chi connectivity index (χ2v) is 3.24. The first kappa shape index (κ1) is 13.4. The fraction of sp³-hybridized carbons (Fsp3) is 0.308. The van der Waals surface area contributed by atoms with E-state index in [1.165, 1.54) is 0 Å². The zero-order chi connectivity index (χ0) is 11.8. The molecule has 15 heavy (non-hydrogen) atoms. The van der Waals surface area contributed by atoms with E-state index in [4.69, 9.17) is 5.73 Å². The second kappa shape index (κ2) is 6.82. The van der Waals surface area contributed by atoms with E-state index in [9.17, 15) is 0 Å². The summed E-state index contributed by atoms with van der Waals surface area (Å²) < 4.78 is 0. The van der Waals surface area contributed by atoms with Gasteiger partial charge in [0, 0.05) is 24.5 Å². The molecule has 0 aromatic rings. The van der Waals surface area contributed by atoms with E-state index < -0.39 is 0 Å². The highest BCUT2D eigenvalue weighted by atomic mass is 14.7. The van der Waals surface area contributed by atoms with Crippen molar-refractivity contribution in [2.45, 2.75) is 20.3 Å². The van der Waals surface area contributed by atoms with Gasteiger partial charge in [0.25, 0.3) is 0 Å². The SMILES string of the molecule is C=C/C=C(C)\C(CC)=C(\C=NC)C(=C)N. The van der Waals surface area contributed by atoms with Gasteiger partial charge >= 0.3 is 0 Å². The highest BCUT2D eigenvalue weighted by molar-refractivity contribution is 5.86. The van der Waals surface area contributed by atoms with E-state index in [0.717, 1.165) is 23.1 Å². The van der Waals surface area contributed by atoms with Gasteiger partial charge in [-0.05, 0) is 24.5 Å². The van der Waals surface area contributed by atoms with Crippen molar-refractivity contribution in [1.82, 2.24) is 0 Å². The Balaban J connectivity index is 5.51.